The summed E-state index contributed by atoms with van der Waals surface area (Å²) in [7, 11) is 0. The van der Waals surface area contributed by atoms with Gasteiger partial charge in [0.15, 0.2) is 5.69 Å². The number of carbonyl (C=O) groups is 2. The number of fused-ring (bicyclic) bond motifs is 3. The van der Waals surface area contributed by atoms with Gasteiger partial charge in [0.05, 0.1) is 23.6 Å². The van der Waals surface area contributed by atoms with Crippen LogP contribution >= 0.6 is 0 Å². The van der Waals surface area contributed by atoms with E-state index in [2.05, 4.69) is 17.2 Å². The van der Waals surface area contributed by atoms with E-state index in [4.69, 9.17) is 4.74 Å². The standard InChI is InChI=1S/C22H29N5O3/c1-14-6-7-16-17(10-14)26(21(29)25-9-8-23-15(2)11-25)12-18-19(24-13-27(16)18)20(28)30-22(3,4)5/h6-7,10,13,15,23H,8-9,11-12H2,1-5H3/t15-/m1/s1. The minimum atomic E-state index is -0.621. The first kappa shape index (κ1) is 20.4. The molecule has 2 aliphatic rings. The molecule has 4 rings (SSSR count). The molecule has 1 aromatic heterocycles. The molecule has 1 atom stereocenters. The van der Waals surface area contributed by atoms with Crippen LogP contribution in [0.25, 0.3) is 5.69 Å². The maximum atomic E-state index is 13.5. The lowest BCUT2D eigenvalue weighted by atomic mass is 10.1. The second kappa shape index (κ2) is 7.43. The van der Waals surface area contributed by atoms with Gasteiger partial charge in [-0.25, -0.2) is 14.6 Å². The number of aryl methyl sites for hydroxylation is 1. The van der Waals surface area contributed by atoms with E-state index in [9.17, 15) is 9.59 Å². The quantitative estimate of drug-likeness (QED) is 0.730. The first-order valence-corrected chi connectivity index (χ1v) is 10.3. The third-order valence-corrected chi connectivity index (χ3v) is 5.32. The first-order chi connectivity index (χ1) is 14.1. The summed E-state index contributed by atoms with van der Waals surface area (Å²) in [5.41, 5.74) is 3.02. The topological polar surface area (TPSA) is 79.7 Å². The monoisotopic (exact) mass is 411 g/mol. The van der Waals surface area contributed by atoms with E-state index in [-0.39, 0.29) is 24.3 Å². The van der Waals surface area contributed by atoms with Crippen molar-refractivity contribution in [3.8, 4) is 5.69 Å². The molecule has 2 aromatic rings. The fourth-order valence-electron chi connectivity index (χ4n) is 3.97. The minimum Gasteiger partial charge on any atom is -0.455 e. The van der Waals surface area contributed by atoms with Crippen molar-refractivity contribution >= 4 is 17.7 Å². The number of rotatable bonds is 1. The number of hydrogen-bond donors (Lipinski definition) is 1. The average Bonchev–Trinajstić information content (AvgIpc) is 3.09. The van der Waals surface area contributed by atoms with Gasteiger partial charge in [0.2, 0.25) is 0 Å². The van der Waals surface area contributed by atoms with Crippen LogP contribution in [0.4, 0.5) is 10.5 Å². The van der Waals surface area contributed by atoms with Crippen molar-refractivity contribution in [1.29, 1.82) is 0 Å². The summed E-state index contributed by atoms with van der Waals surface area (Å²) in [4.78, 5) is 34.2. The Hall–Kier alpha value is -2.87. The van der Waals surface area contributed by atoms with Crippen LogP contribution in [0.3, 0.4) is 0 Å². The summed E-state index contributed by atoms with van der Waals surface area (Å²) in [6.45, 7) is 11.9. The molecule has 1 saturated heterocycles. The Morgan fingerprint density at radius 1 is 1.23 bits per heavy atom. The van der Waals surface area contributed by atoms with E-state index in [1.54, 1.807) is 11.2 Å². The van der Waals surface area contributed by atoms with Crippen molar-refractivity contribution in [2.75, 3.05) is 24.5 Å². The Bertz CT molecular complexity index is 991. The highest BCUT2D eigenvalue weighted by molar-refractivity contribution is 5.97. The third-order valence-electron chi connectivity index (χ3n) is 5.32. The van der Waals surface area contributed by atoms with Crippen molar-refractivity contribution in [1.82, 2.24) is 19.8 Å². The zero-order valence-corrected chi connectivity index (χ0v) is 18.2. The molecule has 2 amide bonds. The van der Waals surface area contributed by atoms with E-state index >= 15 is 0 Å². The van der Waals surface area contributed by atoms with Gasteiger partial charge < -0.3 is 15.0 Å². The molecule has 8 heteroatoms. The molecule has 30 heavy (non-hydrogen) atoms. The van der Waals surface area contributed by atoms with Crippen LogP contribution in [-0.4, -0.2) is 57.7 Å². The van der Waals surface area contributed by atoms with Crippen LogP contribution < -0.4 is 10.2 Å². The molecule has 160 valence electrons. The van der Waals surface area contributed by atoms with E-state index in [0.29, 0.717) is 18.8 Å². The number of imidazole rings is 1. The number of piperazine rings is 1. The van der Waals surface area contributed by atoms with Gasteiger partial charge in [-0.15, -0.1) is 0 Å². The van der Waals surface area contributed by atoms with Crippen LogP contribution in [0, 0.1) is 6.92 Å². The molecule has 0 bridgehead atoms. The summed E-state index contributed by atoms with van der Waals surface area (Å²) >= 11 is 0. The van der Waals surface area contributed by atoms with Gasteiger partial charge >= 0.3 is 12.0 Å². The summed E-state index contributed by atoms with van der Waals surface area (Å²) < 4.78 is 7.43. The summed E-state index contributed by atoms with van der Waals surface area (Å²) in [5, 5.41) is 3.37. The molecule has 0 radical (unpaired) electrons. The Labute approximate surface area is 176 Å². The molecule has 1 aromatic carbocycles. The zero-order chi connectivity index (χ0) is 21.6. The highest BCUT2D eigenvalue weighted by Gasteiger charge is 2.35. The number of urea groups is 1. The van der Waals surface area contributed by atoms with Gasteiger partial charge in [-0.2, -0.15) is 0 Å². The molecule has 2 aliphatic heterocycles. The molecule has 0 unspecified atom stereocenters. The molecule has 1 fully saturated rings. The maximum absolute atomic E-state index is 13.5. The Kier molecular flexibility index (Phi) is 5.05. The Morgan fingerprint density at radius 2 is 2.00 bits per heavy atom. The molecule has 8 nitrogen and oxygen atoms in total. The lowest BCUT2D eigenvalue weighted by molar-refractivity contribution is 0.00619. The van der Waals surface area contributed by atoms with Crippen molar-refractivity contribution < 1.29 is 14.3 Å². The van der Waals surface area contributed by atoms with Crippen LogP contribution in [0.5, 0.6) is 0 Å². The number of nitrogens with one attached hydrogen (secondary N) is 1. The zero-order valence-electron chi connectivity index (χ0n) is 18.2. The average molecular weight is 412 g/mol. The number of ether oxygens (including phenoxy) is 1. The van der Waals surface area contributed by atoms with E-state index in [1.807, 2.05) is 55.4 Å². The van der Waals surface area contributed by atoms with Crippen LogP contribution in [-0.2, 0) is 11.3 Å². The fraction of sp³-hybridized carbons (Fsp3) is 0.500. The van der Waals surface area contributed by atoms with Gasteiger partial charge in [0.1, 0.15) is 11.9 Å². The summed E-state index contributed by atoms with van der Waals surface area (Å²) in [6, 6.07) is 6.16. The molecule has 1 N–H and O–H groups in total. The Balaban J connectivity index is 1.74. The highest BCUT2D eigenvalue weighted by Crippen LogP contribution is 2.35. The predicted molar refractivity (Wildman–Crippen MR) is 114 cm³/mol. The maximum Gasteiger partial charge on any atom is 0.359 e. The van der Waals surface area contributed by atoms with E-state index in [0.717, 1.165) is 23.5 Å². The first-order valence-electron chi connectivity index (χ1n) is 10.3. The molecular formula is C22H29N5O3. The van der Waals surface area contributed by atoms with Crippen molar-refractivity contribution in [3.63, 3.8) is 0 Å². The van der Waals surface area contributed by atoms with Gasteiger partial charge in [0, 0.05) is 25.7 Å². The molecular weight excluding hydrogens is 382 g/mol. The largest absolute Gasteiger partial charge is 0.455 e. The van der Waals surface area contributed by atoms with Crippen molar-refractivity contribution in [2.24, 2.45) is 0 Å². The van der Waals surface area contributed by atoms with Crippen LogP contribution in [0.2, 0.25) is 0 Å². The second-order valence-electron chi connectivity index (χ2n) is 9.07. The normalized spacial score (nSPS) is 18.6. The number of benzene rings is 1. The third kappa shape index (κ3) is 3.79. The van der Waals surface area contributed by atoms with Crippen LogP contribution in [0.1, 0.15) is 49.4 Å². The predicted octanol–water partition coefficient (Wildman–Crippen LogP) is 2.87. The molecule has 3 heterocycles. The molecule has 0 aliphatic carbocycles. The van der Waals surface area contributed by atoms with Gasteiger partial charge in [0.25, 0.3) is 0 Å². The Morgan fingerprint density at radius 3 is 2.70 bits per heavy atom. The van der Waals surface area contributed by atoms with E-state index < -0.39 is 11.6 Å². The van der Waals surface area contributed by atoms with Gasteiger partial charge in [-0.1, -0.05) is 6.07 Å². The minimum absolute atomic E-state index is 0.0576. The van der Waals surface area contributed by atoms with Gasteiger partial charge in [-0.05, 0) is 52.3 Å². The van der Waals surface area contributed by atoms with Crippen LogP contribution in [0.15, 0.2) is 24.5 Å². The van der Waals surface area contributed by atoms with Crippen molar-refractivity contribution in [2.45, 2.75) is 52.8 Å². The smallest absolute Gasteiger partial charge is 0.359 e. The number of aromatic nitrogens is 2. The summed E-state index contributed by atoms with van der Waals surface area (Å²) in [5.74, 6) is -0.477. The lowest BCUT2D eigenvalue weighted by Crippen LogP contribution is -2.55. The fourth-order valence-corrected chi connectivity index (χ4v) is 3.97. The number of anilines is 1. The SMILES string of the molecule is Cc1ccc2c(c1)N(C(=O)N1CCN[C@H](C)C1)Cc1c(C(=O)OC(C)(C)C)ncn1-2. The van der Waals surface area contributed by atoms with Crippen molar-refractivity contribution in [3.05, 3.63) is 41.5 Å². The summed E-state index contributed by atoms with van der Waals surface area (Å²) in [6.07, 6.45) is 1.64. The lowest BCUT2D eigenvalue weighted by Gasteiger charge is -2.38. The number of carbonyl (C=O) groups excluding carboxylic acids is 2. The number of esters is 1. The number of hydrogen-bond acceptors (Lipinski definition) is 5. The number of amides is 2. The van der Waals surface area contributed by atoms with Gasteiger partial charge in [-0.3, -0.25) is 9.47 Å². The number of nitrogens with zero attached hydrogens (tertiary/aromatic N) is 4. The second-order valence-corrected chi connectivity index (χ2v) is 9.07. The van der Waals surface area contributed by atoms with E-state index in [1.165, 1.54) is 0 Å². The highest BCUT2D eigenvalue weighted by atomic mass is 16.6. The molecule has 0 saturated carbocycles. The molecule has 0 spiro atoms.